The highest BCUT2D eigenvalue weighted by molar-refractivity contribution is 5.95. The average molecular weight is 458 g/mol. The van der Waals surface area contributed by atoms with Crippen LogP contribution in [0.25, 0.3) is 5.78 Å². The number of piperidine rings is 1. The Labute approximate surface area is 177 Å². The number of alkyl halides is 5. The lowest BCUT2D eigenvalue weighted by Gasteiger charge is -2.33. The van der Waals surface area contributed by atoms with Crippen molar-refractivity contribution in [3.05, 3.63) is 52.6 Å². The number of rotatable bonds is 3. The zero-order valence-electron chi connectivity index (χ0n) is 16.6. The van der Waals surface area contributed by atoms with Gasteiger partial charge < -0.3 is 4.90 Å². The van der Waals surface area contributed by atoms with Crippen LogP contribution >= 0.6 is 0 Å². The number of amides is 1. The number of pyridine rings is 1. The van der Waals surface area contributed by atoms with E-state index < -0.39 is 47.2 Å². The molecule has 0 aliphatic carbocycles. The van der Waals surface area contributed by atoms with Gasteiger partial charge in [0.2, 0.25) is 0 Å². The van der Waals surface area contributed by atoms with E-state index in [9.17, 15) is 31.1 Å². The van der Waals surface area contributed by atoms with Crippen molar-refractivity contribution in [3.63, 3.8) is 0 Å². The predicted octanol–water partition coefficient (Wildman–Crippen LogP) is 3.94. The van der Waals surface area contributed by atoms with Gasteiger partial charge in [0.1, 0.15) is 12.0 Å². The van der Waals surface area contributed by atoms with Crippen LogP contribution in [0.5, 0.6) is 0 Å². The molecule has 0 N–H and O–H groups in total. The maximum absolute atomic E-state index is 14.5. The summed E-state index contributed by atoms with van der Waals surface area (Å²) in [5, 5.41) is 3.99. The van der Waals surface area contributed by atoms with Crippen molar-refractivity contribution in [1.29, 1.82) is 0 Å². The van der Waals surface area contributed by atoms with E-state index in [1.54, 1.807) is 0 Å². The Morgan fingerprint density at radius 1 is 1.22 bits per heavy atom. The second-order valence-electron chi connectivity index (χ2n) is 7.44. The second-order valence-corrected chi connectivity index (χ2v) is 7.44. The SMILES string of the molecule is Cc1cc(C(=O)N2CCCC(c3cc(C(F)F)nc4ncnn34)C2)c(F)c(C(F)(F)F)n1. The first-order valence-corrected chi connectivity index (χ1v) is 9.58. The largest absolute Gasteiger partial charge is 0.436 e. The van der Waals surface area contributed by atoms with Gasteiger partial charge in [-0.05, 0) is 31.9 Å². The first-order chi connectivity index (χ1) is 15.1. The molecular formula is C19H16F6N6O. The minimum absolute atomic E-state index is 0.0252. The third-order valence-electron chi connectivity index (χ3n) is 5.23. The van der Waals surface area contributed by atoms with E-state index in [0.717, 1.165) is 12.4 Å². The third kappa shape index (κ3) is 3.98. The number of aromatic nitrogens is 5. The Bertz CT molecular complexity index is 1180. The molecule has 3 aromatic rings. The molecule has 170 valence electrons. The minimum atomic E-state index is -5.06. The van der Waals surface area contributed by atoms with Gasteiger partial charge in [-0.3, -0.25) is 4.79 Å². The van der Waals surface area contributed by atoms with Crippen LogP contribution in [0.2, 0.25) is 0 Å². The molecule has 32 heavy (non-hydrogen) atoms. The van der Waals surface area contributed by atoms with Gasteiger partial charge in [0.25, 0.3) is 18.1 Å². The van der Waals surface area contributed by atoms with Crippen LogP contribution in [0.4, 0.5) is 26.3 Å². The Hall–Kier alpha value is -3.25. The Kier molecular flexibility index (Phi) is 5.51. The number of fused-ring (bicyclic) bond motifs is 1. The Morgan fingerprint density at radius 3 is 2.66 bits per heavy atom. The van der Waals surface area contributed by atoms with Crippen LogP contribution in [0, 0.1) is 12.7 Å². The molecule has 1 fully saturated rings. The van der Waals surface area contributed by atoms with Crippen molar-refractivity contribution in [2.45, 2.75) is 38.3 Å². The maximum Gasteiger partial charge on any atom is 0.436 e. The monoisotopic (exact) mass is 458 g/mol. The zero-order valence-corrected chi connectivity index (χ0v) is 16.6. The molecule has 1 amide bonds. The van der Waals surface area contributed by atoms with Crippen LogP contribution in [0.3, 0.4) is 0 Å². The van der Waals surface area contributed by atoms with Crippen molar-refractivity contribution in [3.8, 4) is 0 Å². The number of hydrogen-bond acceptors (Lipinski definition) is 5. The molecule has 13 heteroatoms. The van der Waals surface area contributed by atoms with E-state index in [1.807, 2.05) is 0 Å². The number of aryl methyl sites for hydroxylation is 1. The maximum atomic E-state index is 14.5. The summed E-state index contributed by atoms with van der Waals surface area (Å²) in [6.07, 6.45) is -5.84. The molecule has 4 heterocycles. The predicted molar refractivity (Wildman–Crippen MR) is 97.6 cm³/mol. The van der Waals surface area contributed by atoms with E-state index in [-0.39, 0.29) is 24.6 Å². The first-order valence-electron chi connectivity index (χ1n) is 9.58. The van der Waals surface area contributed by atoms with Crippen molar-refractivity contribution >= 4 is 11.7 Å². The molecule has 0 saturated carbocycles. The molecule has 1 saturated heterocycles. The number of likely N-dealkylation sites (tertiary alicyclic amines) is 1. The molecule has 0 spiro atoms. The van der Waals surface area contributed by atoms with Crippen LogP contribution in [-0.2, 0) is 6.18 Å². The number of carbonyl (C=O) groups is 1. The van der Waals surface area contributed by atoms with Crippen molar-refractivity contribution in [2.75, 3.05) is 13.1 Å². The summed E-state index contributed by atoms with van der Waals surface area (Å²) in [5.41, 5.74) is -2.82. The summed E-state index contributed by atoms with van der Waals surface area (Å²) in [4.78, 5) is 24.9. The number of nitrogens with zero attached hydrogens (tertiary/aromatic N) is 6. The lowest BCUT2D eigenvalue weighted by atomic mass is 9.93. The van der Waals surface area contributed by atoms with Crippen LogP contribution < -0.4 is 0 Å². The second kappa shape index (κ2) is 8.02. The fraction of sp³-hybridized carbons (Fsp3) is 0.421. The van der Waals surface area contributed by atoms with Crippen LogP contribution in [0.15, 0.2) is 18.5 Å². The molecule has 0 radical (unpaired) electrons. The summed E-state index contributed by atoms with van der Waals surface area (Å²) in [5.74, 6) is -3.18. The number of hydrogen-bond donors (Lipinski definition) is 0. The molecule has 7 nitrogen and oxygen atoms in total. The molecule has 1 aliphatic rings. The quantitative estimate of drug-likeness (QED) is 0.556. The molecule has 0 aromatic carbocycles. The van der Waals surface area contributed by atoms with E-state index in [4.69, 9.17) is 0 Å². The zero-order chi connectivity index (χ0) is 23.2. The molecule has 0 bridgehead atoms. The highest BCUT2D eigenvalue weighted by Crippen LogP contribution is 2.33. The highest BCUT2D eigenvalue weighted by Gasteiger charge is 2.39. The first kappa shape index (κ1) is 22.0. The van der Waals surface area contributed by atoms with Gasteiger partial charge >= 0.3 is 6.18 Å². The lowest BCUT2D eigenvalue weighted by Crippen LogP contribution is -2.40. The fourth-order valence-electron chi connectivity index (χ4n) is 3.83. The van der Waals surface area contributed by atoms with Gasteiger partial charge in [0.05, 0.1) is 11.3 Å². The smallest absolute Gasteiger partial charge is 0.338 e. The summed E-state index contributed by atoms with van der Waals surface area (Å²) in [7, 11) is 0. The Morgan fingerprint density at radius 2 is 1.97 bits per heavy atom. The van der Waals surface area contributed by atoms with Gasteiger partial charge in [-0.15, -0.1) is 0 Å². The standard InChI is InChI=1S/C19H16F6N6O/c1-9-5-11(14(20)15(28-9)19(23,24)25)17(32)30-4-2-3-10(7-30)13-6-12(16(21)22)29-18-26-8-27-31(13)18/h5-6,8,10,16H,2-4,7H2,1H3. The average Bonchev–Trinajstić information content (AvgIpc) is 3.22. The van der Waals surface area contributed by atoms with Gasteiger partial charge in [0, 0.05) is 24.7 Å². The van der Waals surface area contributed by atoms with Crippen molar-refractivity contribution in [1.82, 2.24) is 29.5 Å². The minimum Gasteiger partial charge on any atom is -0.338 e. The molecule has 1 aliphatic heterocycles. The fourth-order valence-corrected chi connectivity index (χ4v) is 3.83. The Balaban J connectivity index is 1.68. The molecule has 1 atom stereocenters. The van der Waals surface area contributed by atoms with E-state index in [2.05, 4.69) is 20.1 Å². The van der Waals surface area contributed by atoms with Crippen LogP contribution in [-0.4, -0.2) is 48.5 Å². The van der Waals surface area contributed by atoms with Crippen LogP contribution in [0.1, 0.15) is 58.3 Å². The third-order valence-corrected chi connectivity index (χ3v) is 5.23. The van der Waals surface area contributed by atoms with Crippen molar-refractivity contribution in [2.24, 2.45) is 0 Å². The summed E-state index contributed by atoms with van der Waals surface area (Å²) in [6, 6.07) is 2.14. The molecular weight excluding hydrogens is 442 g/mol. The summed E-state index contributed by atoms with van der Waals surface area (Å²) < 4.78 is 81.7. The van der Waals surface area contributed by atoms with Gasteiger partial charge in [-0.25, -0.2) is 27.7 Å². The van der Waals surface area contributed by atoms with Gasteiger partial charge in [0.15, 0.2) is 11.5 Å². The lowest BCUT2D eigenvalue weighted by molar-refractivity contribution is -0.143. The highest BCUT2D eigenvalue weighted by atomic mass is 19.4. The van der Waals surface area contributed by atoms with Crippen molar-refractivity contribution < 1.29 is 31.1 Å². The number of halogens is 6. The topological polar surface area (TPSA) is 76.3 Å². The van der Waals surface area contributed by atoms with E-state index in [0.29, 0.717) is 18.5 Å². The summed E-state index contributed by atoms with van der Waals surface area (Å²) >= 11 is 0. The molecule has 1 unspecified atom stereocenters. The molecule has 3 aromatic heterocycles. The van der Waals surface area contributed by atoms with E-state index >= 15 is 0 Å². The summed E-state index contributed by atoms with van der Waals surface area (Å²) in [6.45, 7) is 1.38. The van der Waals surface area contributed by atoms with Gasteiger partial charge in [-0.2, -0.15) is 23.3 Å². The van der Waals surface area contributed by atoms with Gasteiger partial charge in [-0.1, -0.05) is 0 Å². The molecule has 4 rings (SSSR count). The normalized spacial score (nSPS) is 17.4. The number of carbonyl (C=O) groups excluding carboxylic acids is 1. The van der Waals surface area contributed by atoms with E-state index in [1.165, 1.54) is 22.4 Å².